The predicted octanol–water partition coefficient (Wildman–Crippen LogP) is 4.13. The van der Waals surface area contributed by atoms with Crippen LogP contribution >= 0.6 is 0 Å². The molecule has 0 aliphatic rings. The minimum atomic E-state index is -4.75. The average Bonchev–Trinajstić information content (AvgIpc) is 3.19. The summed E-state index contributed by atoms with van der Waals surface area (Å²) in [5.41, 5.74) is 8.82. The third-order valence-electron chi connectivity index (χ3n) is 5.43. The molecular weight excluding hydrogens is 459 g/mol. The molecule has 10 heteroatoms. The number of aryl methyl sites for hydroxylation is 1. The van der Waals surface area contributed by atoms with Gasteiger partial charge in [0.1, 0.15) is 17.1 Å². The average molecular weight is 483 g/mol. The van der Waals surface area contributed by atoms with E-state index in [0.29, 0.717) is 30.0 Å². The zero-order valence-electron chi connectivity index (χ0n) is 18.7. The van der Waals surface area contributed by atoms with Gasteiger partial charge in [0.15, 0.2) is 5.65 Å². The minimum absolute atomic E-state index is 0.162. The van der Waals surface area contributed by atoms with Gasteiger partial charge in [-0.25, -0.2) is 9.97 Å². The number of benzene rings is 2. The largest absolute Gasteiger partial charge is 0.573 e. The number of rotatable bonds is 9. The number of aromatic nitrogens is 3. The van der Waals surface area contributed by atoms with Crippen molar-refractivity contribution in [2.75, 3.05) is 6.54 Å². The van der Waals surface area contributed by atoms with Crippen LogP contribution in [-0.2, 0) is 17.8 Å². The Morgan fingerprint density at radius 2 is 1.80 bits per heavy atom. The molecule has 3 N–H and O–H groups in total. The Morgan fingerprint density at radius 1 is 1.06 bits per heavy atom. The van der Waals surface area contributed by atoms with Gasteiger partial charge >= 0.3 is 6.36 Å². The first-order valence-corrected chi connectivity index (χ1v) is 11.0. The number of hydrogen-bond donors (Lipinski definition) is 2. The lowest BCUT2D eigenvalue weighted by Gasteiger charge is -2.17. The first kappa shape index (κ1) is 24.2. The Bertz CT molecular complexity index is 1270. The molecule has 1 amide bonds. The van der Waals surface area contributed by atoms with Crippen molar-refractivity contribution in [2.45, 2.75) is 31.8 Å². The fourth-order valence-corrected chi connectivity index (χ4v) is 3.80. The normalized spacial score (nSPS) is 12.5. The molecule has 1 atom stereocenters. The Balaban J connectivity index is 1.48. The van der Waals surface area contributed by atoms with E-state index in [0.717, 1.165) is 11.1 Å². The van der Waals surface area contributed by atoms with Crippen molar-refractivity contribution >= 4 is 17.1 Å². The zero-order chi connectivity index (χ0) is 24.8. The molecule has 0 aliphatic carbocycles. The second-order valence-corrected chi connectivity index (χ2v) is 7.92. The lowest BCUT2D eigenvalue weighted by atomic mass is 10.1. The maximum absolute atomic E-state index is 12.7. The van der Waals surface area contributed by atoms with Crippen LogP contribution in [0.4, 0.5) is 13.2 Å². The molecule has 7 nitrogen and oxygen atoms in total. The topological polar surface area (TPSA) is 95.1 Å². The van der Waals surface area contributed by atoms with Crippen molar-refractivity contribution in [3.05, 3.63) is 89.9 Å². The number of hydrogen-bond acceptors (Lipinski definition) is 5. The van der Waals surface area contributed by atoms with Crippen molar-refractivity contribution in [3.63, 3.8) is 0 Å². The summed E-state index contributed by atoms with van der Waals surface area (Å²) in [4.78, 5) is 21.7. The van der Waals surface area contributed by atoms with E-state index in [1.54, 1.807) is 24.4 Å². The van der Waals surface area contributed by atoms with E-state index in [2.05, 4.69) is 20.0 Å². The lowest BCUT2D eigenvalue weighted by Crippen LogP contribution is -2.33. The predicted molar refractivity (Wildman–Crippen MR) is 124 cm³/mol. The van der Waals surface area contributed by atoms with Crippen molar-refractivity contribution in [1.29, 1.82) is 0 Å². The quantitative estimate of drug-likeness (QED) is 0.373. The number of carbonyl (C=O) groups excluding carboxylic acids is 1. The summed E-state index contributed by atoms with van der Waals surface area (Å²) in [7, 11) is 0. The van der Waals surface area contributed by atoms with E-state index >= 15 is 0 Å². The SMILES string of the molecule is NC[C@H](NC(=O)CCc1nc2cccnc2n1Cc1ccc(OC(F)(F)F)cc1)c1ccccc1. The third-order valence-corrected chi connectivity index (χ3v) is 5.43. The molecule has 4 rings (SSSR count). The molecule has 4 aromatic rings. The smallest absolute Gasteiger partial charge is 0.406 e. The first-order valence-electron chi connectivity index (χ1n) is 11.0. The lowest BCUT2D eigenvalue weighted by molar-refractivity contribution is -0.274. The number of imidazole rings is 1. The van der Waals surface area contributed by atoms with Gasteiger partial charge < -0.3 is 20.4 Å². The highest BCUT2D eigenvalue weighted by Crippen LogP contribution is 2.24. The summed E-state index contributed by atoms with van der Waals surface area (Å²) in [5.74, 6) is 0.192. The second kappa shape index (κ2) is 10.6. The van der Waals surface area contributed by atoms with Gasteiger partial charge in [-0.3, -0.25) is 4.79 Å². The van der Waals surface area contributed by atoms with Crippen molar-refractivity contribution in [2.24, 2.45) is 5.73 Å². The van der Waals surface area contributed by atoms with Gasteiger partial charge in [0.2, 0.25) is 5.91 Å². The van der Waals surface area contributed by atoms with Crippen LogP contribution in [0, 0.1) is 0 Å². The van der Waals surface area contributed by atoms with E-state index in [1.165, 1.54) is 12.1 Å². The molecule has 2 aromatic carbocycles. The van der Waals surface area contributed by atoms with E-state index in [9.17, 15) is 18.0 Å². The molecule has 2 heterocycles. The monoisotopic (exact) mass is 483 g/mol. The number of nitrogens with one attached hydrogen (secondary N) is 1. The number of pyridine rings is 1. The van der Waals surface area contributed by atoms with Crippen LogP contribution in [0.25, 0.3) is 11.2 Å². The Morgan fingerprint density at radius 3 is 2.49 bits per heavy atom. The molecule has 0 saturated heterocycles. The Kier molecular flexibility index (Phi) is 7.31. The molecule has 182 valence electrons. The molecule has 2 aromatic heterocycles. The Labute approximate surface area is 199 Å². The maximum atomic E-state index is 12.7. The van der Waals surface area contributed by atoms with Crippen molar-refractivity contribution < 1.29 is 22.7 Å². The molecule has 35 heavy (non-hydrogen) atoms. The van der Waals surface area contributed by atoms with E-state index in [1.807, 2.05) is 41.0 Å². The molecule has 0 bridgehead atoms. The second-order valence-electron chi connectivity index (χ2n) is 7.92. The number of carbonyl (C=O) groups is 1. The number of ether oxygens (including phenoxy) is 1. The third kappa shape index (κ3) is 6.36. The highest BCUT2D eigenvalue weighted by molar-refractivity contribution is 5.77. The molecular formula is C25H24F3N5O2. The molecule has 0 fully saturated rings. The van der Waals surface area contributed by atoms with Crippen molar-refractivity contribution in [3.8, 4) is 5.75 Å². The minimum Gasteiger partial charge on any atom is -0.406 e. The zero-order valence-corrected chi connectivity index (χ0v) is 18.7. The number of fused-ring (bicyclic) bond motifs is 1. The first-order chi connectivity index (χ1) is 16.8. The summed E-state index contributed by atoms with van der Waals surface area (Å²) >= 11 is 0. The number of nitrogens with zero attached hydrogens (tertiary/aromatic N) is 3. The van der Waals surface area contributed by atoms with Gasteiger partial charge in [-0.15, -0.1) is 13.2 Å². The summed E-state index contributed by atoms with van der Waals surface area (Å²) in [6, 6.07) is 18.4. The number of halogens is 3. The number of amides is 1. The molecule has 0 spiro atoms. The van der Waals surface area contributed by atoms with Crippen LogP contribution in [-0.4, -0.2) is 33.3 Å². The highest BCUT2D eigenvalue weighted by Gasteiger charge is 2.31. The fraction of sp³-hybridized carbons (Fsp3) is 0.240. The van der Waals surface area contributed by atoms with Gasteiger partial charge in [0, 0.05) is 25.6 Å². The molecule has 0 radical (unpaired) electrons. The van der Waals surface area contributed by atoms with Gasteiger partial charge in [0.25, 0.3) is 0 Å². The van der Waals surface area contributed by atoms with E-state index in [4.69, 9.17) is 5.73 Å². The molecule has 0 saturated carbocycles. The summed E-state index contributed by atoms with van der Waals surface area (Å²) in [5, 5.41) is 2.96. The van der Waals surface area contributed by atoms with Gasteiger partial charge in [0.05, 0.1) is 12.6 Å². The van der Waals surface area contributed by atoms with Crippen LogP contribution in [0.15, 0.2) is 72.9 Å². The van der Waals surface area contributed by atoms with Gasteiger partial charge in [-0.05, 0) is 35.4 Å². The number of alkyl halides is 3. The van der Waals surface area contributed by atoms with Crippen molar-refractivity contribution in [1.82, 2.24) is 19.9 Å². The number of nitrogens with two attached hydrogens (primary N) is 1. The highest BCUT2D eigenvalue weighted by atomic mass is 19.4. The summed E-state index contributed by atoms with van der Waals surface area (Å²) in [6.07, 6.45) is -2.57. The maximum Gasteiger partial charge on any atom is 0.573 e. The van der Waals surface area contributed by atoms with Crippen LogP contribution in [0.1, 0.15) is 29.4 Å². The van der Waals surface area contributed by atoms with Gasteiger partial charge in [-0.1, -0.05) is 42.5 Å². The standard InChI is InChI=1S/C25H24F3N5O2/c26-25(27,28)35-19-10-8-17(9-11-19)16-33-22(31-20-7-4-14-30-24(20)33)12-13-23(34)32-21(15-29)18-5-2-1-3-6-18/h1-11,14,21H,12-13,15-16,29H2,(H,32,34)/t21-/m0/s1. The van der Waals surface area contributed by atoms with Crippen LogP contribution in [0.2, 0.25) is 0 Å². The summed E-state index contributed by atoms with van der Waals surface area (Å²) in [6.45, 7) is 0.596. The van der Waals surface area contributed by atoms with E-state index in [-0.39, 0.29) is 30.7 Å². The molecule has 0 unspecified atom stereocenters. The van der Waals surface area contributed by atoms with E-state index < -0.39 is 6.36 Å². The van der Waals surface area contributed by atoms with Crippen LogP contribution < -0.4 is 15.8 Å². The summed E-state index contributed by atoms with van der Waals surface area (Å²) < 4.78 is 43.1. The van der Waals surface area contributed by atoms with Crippen LogP contribution in [0.5, 0.6) is 5.75 Å². The van der Waals surface area contributed by atoms with Gasteiger partial charge in [-0.2, -0.15) is 0 Å². The van der Waals surface area contributed by atoms with Crippen LogP contribution in [0.3, 0.4) is 0 Å². The molecule has 0 aliphatic heterocycles. The Hall–Kier alpha value is -3.92. The fourth-order valence-electron chi connectivity index (χ4n) is 3.80.